The van der Waals surface area contributed by atoms with Gasteiger partial charge in [0.25, 0.3) is 0 Å². The molecule has 0 aromatic carbocycles. The number of aromatic nitrogens is 1. The van der Waals surface area contributed by atoms with E-state index in [1.807, 2.05) is 20.0 Å². The monoisotopic (exact) mass is 171 g/mol. The Labute approximate surface area is 70.9 Å². The summed E-state index contributed by atoms with van der Waals surface area (Å²) < 4.78 is 0. The molecule has 11 heavy (non-hydrogen) atoms. The van der Waals surface area contributed by atoms with Crippen LogP contribution < -0.4 is 0 Å². The molecule has 0 amide bonds. The van der Waals surface area contributed by atoms with Gasteiger partial charge in [-0.3, -0.25) is 4.98 Å². The highest BCUT2D eigenvalue weighted by molar-refractivity contribution is 7.09. The molecule has 0 saturated heterocycles. The molecule has 1 atom stereocenters. The van der Waals surface area contributed by atoms with Gasteiger partial charge in [0.15, 0.2) is 0 Å². The molecule has 0 spiro atoms. The van der Waals surface area contributed by atoms with Gasteiger partial charge in [0, 0.05) is 17.5 Å². The minimum absolute atomic E-state index is 0.563. The second kappa shape index (κ2) is 3.32. The third-order valence-corrected chi connectivity index (χ3v) is 2.58. The number of rotatable bonds is 3. The molecule has 0 bridgehead atoms. The van der Waals surface area contributed by atoms with Crippen molar-refractivity contribution >= 4 is 11.3 Å². The van der Waals surface area contributed by atoms with Crippen LogP contribution in [0.4, 0.5) is 0 Å². The lowest BCUT2D eigenvalue weighted by Crippen LogP contribution is -2.25. The van der Waals surface area contributed by atoms with Gasteiger partial charge in [-0.2, -0.15) is 0 Å². The number of thiazole rings is 1. The van der Waals surface area contributed by atoms with Crippen LogP contribution in [-0.2, 0) is 6.42 Å². The Kier molecular flexibility index (Phi) is 2.62. The summed E-state index contributed by atoms with van der Waals surface area (Å²) in [6, 6.07) is 0. The normalized spacial score (nSPS) is 16.3. The van der Waals surface area contributed by atoms with Crippen molar-refractivity contribution in [3.8, 4) is 0 Å². The Bertz CT molecular complexity index is 206. The maximum atomic E-state index is 9.67. The zero-order valence-corrected chi connectivity index (χ0v) is 7.69. The minimum Gasteiger partial charge on any atom is -0.390 e. The van der Waals surface area contributed by atoms with Gasteiger partial charge in [0.2, 0.25) is 0 Å². The molecule has 1 N–H and O–H groups in total. The van der Waals surface area contributed by atoms with E-state index in [0.717, 1.165) is 11.3 Å². The molecule has 0 aliphatic heterocycles. The Morgan fingerprint density at radius 1 is 1.73 bits per heavy atom. The van der Waals surface area contributed by atoms with Gasteiger partial charge in [-0.25, -0.2) is 0 Å². The van der Waals surface area contributed by atoms with E-state index >= 15 is 0 Å². The van der Waals surface area contributed by atoms with Crippen LogP contribution >= 0.6 is 11.3 Å². The van der Waals surface area contributed by atoms with Crippen molar-refractivity contribution in [2.45, 2.75) is 32.3 Å². The van der Waals surface area contributed by atoms with E-state index in [4.69, 9.17) is 0 Å². The van der Waals surface area contributed by atoms with E-state index in [2.05, 4.69) is 4.98 Å². The third kappa shape index (κ3) is 2.60. The lowest BCUT2D eigenvalue weighted by atomic mass is 9.99. The van der Waals surface area contributed by atoms with Crippen molar-refractivity contribution in [1.29, 1.82) is 0 Å². The summed E-state index contributed by atoms with van der Waals surface area (Å²) in [6.45, 7) is 3.84. The van der Waals surface area contributed by atoms with Crippen molar-refractivity contribution in [2.24, 2.45) is 0 Å². The lowest BCUT2D eigenvalue weighted by molar-refractivity contribution is 0.0572. The fourth-order valence-electron chi connectivity index (χ4n) is 0.830. The quantitative estimate of drug-likeness (QED) is 0.753. The molecule has 0 fully saturated rings. The number of hydrogen-bond acceptors (Lipinski definition) is 3. The highest BCUT2D eigenvalue weighted by Gasteiger charge is 2.18. The molecule has 1 unspecified atom stereocenters. The molecule has 0 aliphatic rings. The Hall–Kier alpha value is -0.410. The molecule has 1 rings (SSSR count). The van der Waals surface area contributed by atoms with Crippen molar-refractivity contribution in [3.63, 3.8) is 0 Å². The Morgan fingerprint density at radius 2 is 2.45 bits per heavy atom. The van der Waals surface area contributed by atoms with Crippen LogP contribution in [0.25, 0.3) is 0 Å². The van der Waals surface area contributed by atoms with Crippen molar-refractivity contribution in [1.82, 2.24) is 4.98 Å². The summed E-state index contributed by atoms with van der Waals surface area (Å²) >= 11 is 1.59. The van der Waals surface area contributed by atoms with E-state index in [1.54, 1.807) is 16.8 Å². The highest BCUT2D eigenvalue weighted by atomic mass is 32.1. The van der Waals surface area contributed by atoms with E-state index < -0.39 is 5.60 Å². The fourth-order valence-corrected chi connectivity index (χ4v) is 1.60. The van der Waals surface area contributed by atoms with Crippen LogP contribution in [0.3, 0.4) is 0 Å². The van der Waals surface area contributed by atoms with Crippen LogP contribution in [0, 0.1) is 0 Å². The molecule has 62 valence electrons. The first-order chi connectivity index (χ1) is 5.14. The summed E-state index contributed by atoms with van der Waals surface area (Å²) in [5.74, 6) is 0. The van der Waals surface area contributed by atoms with Gasteiger partial charge in [-0.05, 0) is 13.3 Å². The molecule has 0 radical (unpaired) electrons. The zero-order valence-electron chi connectivity index (χ0n) is 6.87. The molecule has 1 aromatic heterocycles. The molecular formula is C8H13NOS. The average molecular weight is 171 g/mol. The Morgan fingerprint density at radius 3 is 2.91 bits per heavy atom. The smallest absolute Gasteiger partial charge is 0.0794 e. The summed E-state index contributed by atoms with van der Waals surface area (Å²) in [7, 11) is 0. The Balaban J connectivity index is 2.56. The number of aliphatic hydroxyl groups is 1. The second-order valence-corrected chi connectivity index (χ2v) is 3.97. The highest BCUT2D eigenvalue weighted by Crippen LogP contribution is 2.18. The van der Waals surface area contributed by atoms with Crippen molar-refractivity contribution in [2.75, 3.05) is 0 Å². The van der Waals surface area contributed by atoms with Crippen LogP contribution in [-0.4, -0.2) is 15.7 Å². The van der Waals surface area contributed by atoms with Gasteiger partial charge >= 0.3 is 0 Å². The number of nitrogens with zero attached hydrogens (tertiary/aromatic N) is 1. The molecule has 3 heteroatoms. The van der Waals surface area contributed by atoms with Crippen molar-refractivity contribution < 1.29 is 5.11 Å². The van der Waals surface area contributed by atoms with Crippen LogP contribution in [0.15, 0.2) is 11.7 Å². The van der Waals surface area contributed by atoms with E-state index in [-0.39, 0.29) is 0 Å². The average Bonchev–Trinajstić information content (AvgIpc) is 2.39. The lowest BCUT2D eigenvalue weighted by Gasteiger charge is -2.19. The summed E-state index contributed by atoms with van der Waals surface area (Å²) in [6.07, 6.45) is 3.31. The maximum Gasteiger partial charge on any atom is 0.0794 e. The van der Waals surface area contributed by atoms with Crippen LogP contribution in [0.1, 0.15) is 25.1 Å². The molecular weight excluding hydrogens is 158 g/mol. The SMILES string of the molecule is CCC(C)(O)Cc1cncs1. The largest absolute Gasteiger partial charge is 0.390 e. The standard InChI is InChI=1S/C8H13NOS/c1-3-8(2,10)4-7-5-9-6-11-7/h5-6,10H,3-4H2,1-2H3. The fraction of sp³-hybridized carbons (Fsp3) is 0.625. The third-order valence-electron chi connectivity index (χ3n) is 1.80. The predicted octanol–water partition coefficient (Wildman–Crippen LogP) is 1.85. The molecule has 0 aliphatic carbocycles. The summed E-state index contributed by atoms with van der Waals surface area (Å²) in [5.41, 5.74) is 1.23. The van der Waals surface area contributed by atoms with Gasteiger partial charge in [0.1, 0.15) is 0 Å². The first-order valence-corrected chi connectivity index (χ1v) is 4.62. The van der Waals surface area contributed by atoms with Gasteiger partial charge in [-0.1, -0.05) is 6.92 Å². The molecule has 1 heterocycles. The van der Waals surface area contributed by atoms with Crippen LogP contribution in [0.2, 0.25) is 0 Å². The number of hydrogen-bond donors (Lipinski definition) is 1. The summed E-state index contributed by atoms with van der Waals surface area (Å²) in [5, 5.41) is 9.67. The van der Waals surface area contributed by atoms with Crippen molar-refractivity contribution in [3.05, 3.63) is 16.6 Å². The van der Waals surface area contributed by atoms with E-state index in [0.29, 0.717) is 6.42 Å². The zero-order chi connectivity index (χ0) is 8.32. The maximum absolute atomic E-state index is 9.67. The van der Waals surface area contributed by atoms with Gasteiger partial charge < -0.3 is 5.11 Å². The van der Waals surface area contributed by atoms with E-state index in [1.165, 1.54) is 0 Å². The summed E-state index contributed by atoms with van der Waals surface area (Å²) in [4.78, 5) is 5.10. The molecule has 1 aromatic rings. The minimum atomic E-state index is -0.563. The van der Waals surface area contributed by atoms with Gasteiger partial charge in [-0.15, -0.1) is 11.3 Å². The predicted molar refractivity (Wildman–Crippen MR) is 46.7 cm³/mol. The first kappa shape index (κ1) is 8.68. The van der Waals surface area contributed by atoms with Crippen LogP contribution in [0.5, 0.6) is 0 Å². The second-order valence-electron chi connectivity index (χ2n) is 3.00. The van der Waals surface area contributed by atoms with Gasteiger partial charge in [0.05, 0.1) is 11.1 Å². The topological polar surface area (TPSA) is 33.1 Å². The molecule has 2 nitrogen and oxygen atoms in total. The molecule has 0 saturated carbocycles. The first-order valence-electron chi connectivity index (χ1n) is 3.74. The van der Waals surface area contributed by atoms with E-state index in [9.17, 15) is 5.11 Å².